The summed E-state index contributed by atoms with van der Waals surface area (Å²) >= 11 is 2.06. The molecule has 0 aliphatic heterocycles. The second-order valence-corrected chi connectivity index (χ2v) is 6.87. The summed E-state index contributed by atoms with van der Waals surface area (Å²) in [5, 5.41) is 3.57. The lowest BCUT2D eigenvalue weighted by atomic mass is 9.88. The van der Waals surface area contributed by atoms with E-state index in [1.54, 1.807) is 0 Å². The van der Waals surface area contributed by atoms with Gasteiger partial charge in [-0.2, -0.15) is 11.8 Å². The van der Waals surface area contributed by atoms with Gasteiger partial charge in [-0.05, 0) is 25.0 Å². The summed E-state index contributed by atoms with van der Waals surface area (Å²) in [4.78, 5) is 0. The molecule has 3 heteroatoms. The van der Waals surface area contributed by atoms with Crippen LogP contribution in [-0.4, -0.2) is 37.3 Å². The highest BCUT2D eigenvalue weighted by atomic mass is 32.2. The Morgan fingerprint density at radius 2 is 1.94 bits per heavy atom. The minimum Gasteiger partial charge on any atom is -0.380 e. The van der Waals surface area contributed by atoms with Crippen LogP contribution in [0.15, 0.2) is 0 Å². The summed E-state index contributed by atoms with van der Waals surface area (Å²) in [5.41, 5.74) is 0. The monoisotopic (exact) mass is 259 g/mol. The first-order valence-corrected chi connectivity index (χ1v) is 8.25. The lowest BCUT2D eigenvalue weighted by molar-refractivity contribution is 0.111. The minimum absolute atomic E-state index is 0.510. The Morgan fingerprint density at radius 3 is 2.53 bits per heavy atom. The van der Waals surface area contributed by atoms with Gasteiger partial charge in [-0.1, -0.05) is 33.1 Å². The number of hydrogen-bond donors (Lipinski definition) is 1. The Morgan fingerprint density at radius 1 is 1.24 bits per heavy atom. The molecule has 1 saturated carbocycles. The molecule has 0 aromatic carbocycles. The van der Waals surface area contributed by atoms with Crippen molar-refractivity contribution in [1.29, 1.82) is 0 Å². The normalized spacial score (nSPS) is 19.8. The first kappa shape index (κ1) is 15.3. The van der Waals surface area contributed by atoms with E-state index in [1.807, 2.05) is 0 Å². The third-order valence-corrected chi connectivity index (χ3v) is 4.94. The highest BCUT2D eigenvalue weighted by Crippen LogP contribution is 2.37. The molecule has 1 fully saturated rings. The topological polar surface area (TPSA) is 21.3 Å². The van der Waals surface area contributed by atoms with E-state index in [0.29, 0.717) is 10.7 Å². The summed E-state index contributed by atoms with van der Waals surface area (Å²) in [5.74, 6) is 0.644. The van der Waals surface area contributed by atoms with E-state index >= 15 is 0 Å². The Bertz CT molecular complexity index is 191. The van der Waals surface area contributed by atoms with Crippen molar-refractivity contribution < 1.29 is 4.74 Å². The van der Waals surface area contributed by atoms with Crippen LogP contribution in [0.3, 0.4) is 0 Å². The zero-order valence-corrected chi connectivity index (χ0v) is 12.6. The average Bonchev–Trinajstić information content (AvgIpc) is 2.34. The van der Waals surface area contributed by atoms with Gasteiger partial charge in [-0.25, -0.2) is 0 Å². The fourth-order valence-corrected chi connectivity index (χ4v) is 3.37. The molecule has 17 heavy (non-hydrogen) atoms. The van der Waals surface area contributed by atoms with Gasteiger partial charge in [0.1, 0.15) is 0 Å². The van der Waals surface area contributed by atoms with Crippen LogP contribution in [0.2, 0.25) is 0 Å². The van der Waals surface area contributed by atoms with Gasteiger partial charge in [0.25, 0.3) is 0 Å². The Balaban J connectivity index is 2.07. The van der Waals surface area contributed by atoms with Crippen LogP contribution < -0.4 is 5.32 Å². The smallest absolute Gasteiger partial charge is 0.0591 e. The Labute approximate surface area is 111 Å². The van der Waals surface area contributed by atoms with E-state index in [-0.39, 0.29) is 0 Å². The van der Waals surface area contributed by atoms with Crippen LogP contribution >= 0.6 is 11.8 Å². The number of hydrogen-bond acceptors (Lipinski definition) is 3. The van der Waals surface area contributed by atoms with Gasteiger partial charge in [0.2, 0.25) is 0 Å². The molecule has 0 heterocycles. The van der Waals surface area contributed by atoms with E-state index in [9.17, 15) is 0 Å². The van der Waals surface area contributed by atoms with Gasteiger partial charge in [-0.3, -0.25) is 0 Å². The average molecular weight is 259 g/mol. The molecule has 0 amide bonds. The molecule has 0 unspecified atom stereocenters. The molecule has 0 saturated heterocycles. The Kier molecular flexibility index (Phi) is 7.56. The zero-order valence-electron chi connectivity index (χ0n) is 11.8. The van der Waals surface area contributed by atoms with Crippen molar-refractivity contribution in [1.82, 2.24) is 5.32 Å². The van der Waals surface area contributed by atoms with Crippen LogP contribution in [0, 0.1) is 5.92 Å². The fraction of sp³-hybridized carbons (Fsp3) is 1.00. The van der Waals surface area contributed by atoms with Crippen molar-refractivity contribution in [2.24, 2.45) is 5.92 Å². The molecule has 102 valence electrons. The van der Waals surface area contributed by atoms with Gasteiger partial charge >= 0.3 is 0 Å². The quantitative estimate of drug-likeness (QED) is 0.676. The molecule has 0 radical (unpaired) electrons. The SMILES string of the molecule is CSC1(CNCCOCC(C)C)CCCCC1. The fourth-order valence-electron chi connectivity index (χ4n) is 2.43. The lowest BCUT2D eigenvalue weighted by Crippen LogP contribution is -2.40. The molecule has 1 rings (SSSR count). The van der Waals surface area contributed by atoms with Crippen molar-refractivity contribution in [2.45, 2.75) is 50.7 Å². The molecular formula is C14H29NOS. The summed E-state index contributed by atoms with van der Waals surface area (Å²) in [6.45, 7) is 8.27. The number of rotatable bonds is 8. The largest absolute Gasteiger partial charge is 0.380 e. The van der Waals surface area contributed by atoms with Crippen LogP contribution in [-0.2, 0) is 4.74 Å². The second kappa shape index (κ2) is 8.39. The molecule has 0 aromatic rings. The standard InChI is InChI=1S/C14H29NOS/c1-13(2)11-16-10-9-15-12-14(17-3)7-5-4-6-8-14/h13,15H,4-12H2,1-3H3. The first-order chi connectivity index (χ1) is 8.18. The van der Waals surface area contributed by atoms with Crippen molar-refractivity contribution in [2.75, 3.05) is 32.6 Å². The van der Waals surface area contributed by atoms with Gasteiger partial charge in [0, 0.05) is 24.4 Å². The zero-order chi connectivity index (χ0) is 12.6. The maximum Gasteiger partial charge on any atom is 0.0591 e. The second-order valence-electron chi connectivity index (χ2n) is 5.59. The highest BCUT2D eigenvalue weighted by molar-refractivity contribution is 8.00. The molecular weight excluding hydrogens is 230 g/mol. The van der Waals surface area contributed by atoms with E-state index in [0.717, 1.165) is 26.3 Å². The lowest BCUT2D eigenvalue weighted by Gasteiger charge is -2.36. The van der Waals surface area contributed by atoms with Crippen LogP contribution in [0.5, 0.6) is 0 Å². The van der Waals surface area contributed by atoms with Crippen LogP contribution in [0.1, 0.15) is 46.0 Å². The molecule has 1 aliphatic rings. The van der Waals surface area contributed by atoms with Crippen LogP contribution in [0.4, 0.5) is 0 Å². The number of thioether (sulfide) groups is 1. The van der Waals surface area contributed by atoms with Crippen LogP contribution in [0.25, 0.3) is 0 Å². The van der Waals surface area contributed by atoms with Gasteiger partial charge in [-0.15, -0.1) is 0 Å². The molecule has 0 spiro atoms. The van der Waals surface area contributed by atoms with Crippen molar-refractivity contribution in [3.05, 3.63) is 0 Å². The predicted octanol–water partition coefficient (Wildman–Crippen LogP) is 3.31. The maximum absolute atomic E-state index is 5.58. The summed E-state index contributed by atoms with van der Waals surface area (Å²) in [7, 11) is 0. The number of nitrogens with one attached hydrogen (secondary N) is 1. The summed E-state index contributed by atoms with van der Waals surface area (Å²) in [6.07, 6.45) is 9.28. The highest BCUT2D eigenvalue weighted by Gasteiger charge is 2.30. The van der Waals surface area contributed by atoms with Crippen molar-refractivity contribution in [3.8, 4) is 0 Å². The molecule has 0 bridgehead atoms. The Hall–Kier alpha value is 0.270. The van der Waals surface area contributed by atoms with Gasteiger partial charge in [0.05, 0.1) is 6.61 Å². The third kappa shape index (κ3) is 6.12. The van der Waals surface area contributed by atoms with E-state index in [4.69, 9.17) is 4.74 Å². The number of ether oxygens (including phenoxy) is 1. The van der Waals surface area contributed by atoms with Crippen molar-refractivity contribution >= 4 is 11.8 Å². The summed E-state index contributed by atoms with van der Waals surface area (Å²) < 4.78 is 6.09. The first-order valence-electron chi connectivity index (χ1n) is 7.02. The molecule has 1 aliphatic carbocycles. The van der Waals surface area contributed by atoms with Gasteiger partial charge < -0.3 is 10.1 Å². The molecule has 0 atom stereocenters. The molecule has 1 N–H and O–H groups in total. The van der Waals surface area contributed by atoms with Gasteiger partial charge in [0.15, 0.2) is 0 Å². The van der Waals surface area contributed by atoms with E-state index < -0.39 is 0 Å². The third-order valence-electron chi connectivity index (χ3n) is 3.52. The summed E-state index contributed by atoms with van der Waals surface area (Å²) in [6, 6.07) is 0. The van der Waals surface area contributed by atoms with Crippen molar-refractivity contribution in [3.63, 3.8) is 0 Å². The maximum atomic E-state index is 5.58. The van der Waals surface area contributed by atoms with E-state index in [1.165, 1.54) is 32.1 Å². The molecule has 0 aromatic heterocycles. The minimum atomic E-state index is 0.510. The van der Waals surface area contributed by atoms with E-state index in [2.05, 4.69) is 37.2 Å². The predicted molar refractivity (Wildman–Crippen MR) is 77.9 cm³/mol. The molecule has 2 nitrogen and oxygen atoms in total.